The number of rotatable bonds is 2. The number of aryl methyl sites for hydroxylation is 1. The third kappa shape index (κ3) is 2.38. The molecule has 1 N–H and O–H groups in total. The van der Waals surface area contributed by atoms with E-state index in [1.165, 1.54) is 5.82 Å². The number of hydrogen-bond donors (Lipinski definition) is 1. The molecule has 20 heavy (non-hydrogen) atoms. The Morgan fingerprint density at radius 2 is 2.15 bits per heavy atom. The van der Waals surface area contributed by atoms with Gasteiger partial charge in [0, 0.05) is 43.5 Å². The lowest BCUT2D eigenvalue weighted by Gasteiger charge is -2.33. The monoisotopic (exact) mass is 273 g/mol. The number of hydrogen-bond acceptors (Lipinski definition) is 4. The maximum absolute atomic E-state index is 4.73. The number of fused-ring (bicyclic) bond motifs is 1. The largest absolute Gasteiger partial charge is 0.354 e. The molecule has 108 valence electrons. The maximum Gasteiger partial charge on any atom is 0.157 e. The molecule has 0 spiro atoms. The van der Waals surface area contributed by atoms with Crippen molar-refractivity contribution >= 4 is 11.5 Å². The van der Waals surface area contributed by atoms with E-state index in [0.29, 0.717) is 12.0 Å². The molecule has 0 unspecified atom stereocenters. The Morgan fingerprint density at radius 3 is 2.85 bits per heavy atom. The summed E-state index contributed by atoms with van der Waals surface area (Å²) in [7, 11) is 0. The highest BCUT2D eigenvalue weighted by Gasteiger charge is 2.20. The van der Waals surface area contributed by atoms with Gasteiger partial charge in [-0.15, -0.1) is 0 Å². The van der Waals surface area contributed by atoms with Crippen LogP contribution in [0.3, 0.4) is 0 Å². The quantitative estimate of drug-likeness (QED) is 0.908. The Kier molecular flexibility index (Phi) is 3.38. The standard InChI is InChI=1S/C15H23N5/c1-10(2)13-8-15(19-6-5-16-12(4)9-19)20-14(17-13)7-11(3)18-20/h7-8,10,12,16H,5-6,9H2,1-4H3/t12-/m1/s1. The van der Waals surface area contributed by atoms with Crippen molar-refractivity contribution < 1.29 is 0 Å². The molecular formula is C15H23N5. The molecule has 1 saturated heterocycles. The molecule has 0 aromatic carbocycles. The third-order valence-electron chi connectivity index (χ3n) is 3.83. The SMILES string of the molecule is Cc1cc2nc(C(C)C)cc(N3CCN[C@H](C)C3)n2n1. The fourth-order valence-electron chi connectivity index (χ4n) is 2.75. The summed E-state index contributed by atoms with van der Waals surface area (Å²) in [5, 5.41) is 8.09. The van der Waals surface area contributed by atoms with Gasteiger partial charge in [-0.1, -0.05) is 13.8 Å². The Bertz CT molecular complexity index is 616. The molecule has 3 rings (SSSR count). The Balaban J connectivity index is 2.11. The first-order valence-electron chi connectivity index (χ1n) is 7.40. The van der Waals surface area contributed by atoms with E-state index in [1.807, 2.05) is 11.4 Å². The minimum absolute atomic E-state index is 0.425. The Labute approximate surface area is 120 Å². The van der Waals surface area contributed by atoms with Crippen LogP contribution in [0.25, 0.3) is 5.65 Å². The van der Waals surface area contributed by atoms with Crippen LogP contribution < -0.4 is 10.2 Å². The van der Waals surface area contributed by atoms with Crippen LogP contribution in [0.4, 0.5) is 5.82 Å². The van der Waals surface area contributed by atoms with Gasteiger partial charge in [0.1, 0.15) is 5.82 Å². The minimum Gasteiger partial charge on any atom is -0.354 e. The molecule has 1 atom stereocenters. The average molecular weight is 273 g/mol. The van der Waals surface area contributed by atoms with Crippen LogP contribution in [-0.4, -0.2) is 40.3 Å². The molecule has 0 radical (unpaired) electrons. The molecule has 1 aliphatic heterocycles. The smallest absolute Gasteiger partial charge is 0.157 e. The van der Waals surface area contributed by atoms with Crippen molar-refractivity contribution in [2.45, 2.75) is 39.7 Å². The van der Waals surface area contributed by atoms with Crippen LogP contribution in [0.2, 0.25) is 0 Å². The van der Waals surface area contributed by atoms with Gasteiger partial charge in [0.15, 0.2) is 5.65 Å². The number of piperazine rings is 1. The van der Waals surface area contributed by atoms with Crippen LogP contribution in [0.5, 0.6) is 0 Å². The minimum atomic E-state index is 0.425. The summed E-state index contributed by atoms with van der Waals surface area (Å²) < 4.78 is 1.99. The zero-order valence-corrected chi connectivity index (χ0v) is 12.7. The number of anilines is 1. The van der Waals surface area contributed by atoms with E-state index in [0.717, 1.165) is 36.7 Å². The molecule has 0 saturated carbocycles. The first-order valence-corrected chi connectivity index (χ1v) is 7.40. The molecule has 3 heterocycles. The van der Waals surface area contributed by atoms with E-state index in [1.54, 1.807) is 0 Å². The van der Waals surface area contributed by atoms with E-state index in [-0.39, 0.29) is 0 Å². The van der Waals surface area contributed by atoms with Gasteiger partial charge in [-0.3, -0.25) is 0 Å². The zero-order chi connectivity index (χ0) is 14.3. The van der Waals surface area contributed by atoms with Gasteiger partial charge < -0.3 is 10.2 Å². The van der Waals surface area contributed by atoms with Crippen LogP contribution in [0.1, 0.15) is 38.1 Å². The first-order chi connectivity index (χ1) is 9.54. The summed E-state index contributed by atoms with van der Waals surface area (Å²) in [5.41, 5.74) is 3.11. The molecule has 0 bridgehead atoms. The predicted octanol–water partition coefficient (Wildman–Crippen LogP) is 1.96. The van der Waals surface area contributed by atoms with Crippen LogP contribution >= 0.6 is 0 Å². The van der Waals surface area contributed by atoms with Crippen molar-refractivity contribution in [2.75, 3.05) is 24.5 Å². The van der Waals surface area contributed by atoms with Gasteiger partial charge in [0.25, 0.3) is 0 Å². The van der Waals surface area contributed by atoms with Gasteiger partial charge in [-0.05, 0) is 19.8 Å². The summed E-state index contributed by atoms with van der Waals surface area (Å²) >= 11 is 0. The van der Waals surface area contributed by atoms with E-state index in [9.17, 15) is 0 Å². The second-order valence-electron chi connectivity index (χ2n) is 6.05. The molecule has 2 aromatic rings. The highest BCUT2D eigenvalue weighted by atomic mass is 15.4. The maximum atomic E-state index is 4.73. The second kappa shape index (κ2) is 5.05. The van der Waals surface area contributed by atoms with E-state index >= 15 is 0 Å². The van der Waals surface area contributed by atoms with Crippen molar-refractivity contribution in [1.82, 2.24) is 19.9 Å². The van der Waals surface area contributed by atoms with Crippen molar-refractivity contribution in [1.29, 1.82) is 0 Å². The topological polar surface area (TPSA) is 45.5 Å². The van der Waals surface area contributed by atoms with E-state index in [2.05, 4.69) is 48.2 Å². The molecule has 5 nitrogen and oxygen atoms in total. The van der Waals surface area contributed by atoms with Gasteiger partial charge >= 0.3 is 0 Å². The van der Waals surface area contributed by atoms with Crippen molar-refractivity contribution in [3.63, 3.8) is 0 Å². The second-order valence-corrected chi connectivity index (χ2v) is 6.05. The summed E-state index contributed by atoms with van der Waals surface area (Å²) in [6, 6.07) is 4.76. The van der Waals surface area contributed by atoms with Crippen LogP contribution in [-0.2, 0) is 0 Å². The van der Waals surface area contributed by atoms with Gasteiger partial charge in [-0.2, -0.15) is 9.61 Å². The molecule has 0 amide bonds. The first kappa shape index (κ1) is 13.4. The number of nitrogens with one attached hydrogen (secondary N) is 1. The van der Waals surface area contributed by atoms with Crippen molar-refractivity contribution in [3.8, 4) is 0 Å². The van der Waals surface area contributed by atoms with Gasteiger partial charge in [0.2, 0.25) is 0 Å². The fraction of sp³-hybridized carbons (Fsp3) is 0.600. The summed E-state index contributed by atoms with van der Waals surface area (Å²) in [6.07, 6.45) is 0. The highest BCUT2D eigenvalue weighted by molar-refractivity contribution is 5.52. The molecular weight excluding hydrogens is 250 g/mol. The molecule has 2 aromatic heterocycles. The van der Waals surface area contributed by atoms with Crippen LogP contribution in [0.15, 0.2) is 12.1 Å². The lowest BCUT2D eigenvalue weighted by molar-refractivity contribution is 0.479. The fourth-order valence-corrected chi connectivity index (χ4v) is 2.75. The Morgan fingerprint density at radius 1 is 1.35 bits per heavy atom. The lowest BCUT2D eigenvalue weighted by Crippen LogP contribution is -2.49. The summed E-state index contributed by atoms with van der Waals surface area (Å²) in [6.45, 7) is 11.7. The predicted molar refractivity (Wildman–Crippen MR) is 81.5 cm³/mol. The van der Waals surface area contributed by atoms with Gasteiger partial charge in [0.05, 0.1) is 5.69 Å². The molecule has 1 fully saturated rings. The summed E-state index contributed by atoms with van der Waals surface area (Å²) in [4.78, 5) is 7.14. The Hall–Kier alpha value is -1.62. The normalized spacial score (nSPS) is 20.1. The van der Waals surface area contributed by atoms with Crippen LogP contribution in [0, 0.1) is 6.92 Å². The average Bonchev–Trinajstić information content (AvgIpc) is 2.77. The zero-order valence-electron chi connectivity index (χ0n) is 12.7. The number of aromatic nitrogens is 3. The van der Waals surface area contributed by atoms with Crippen molar-refractivity contribution in [3.05, 3.63) is 23.5 Å². The van der Waals surface area contributed by atoms with E-state index in [4.69, 9.17) is 4.98 Å². The molecule has 5 heteroatoms. The lowest BCUT2D eigenvalue weighted by atomic mass is 10.1. The van der Waals surface area contributed by atoms with Gasteiger partial charge in [-0.25, -0.2) is 4.98 Å². The summed E-state index contributed by atoms with van der Waals surface area (Å²) in [5.74, 6) is 1.59. The molecule has 1 aliphatic rings. The highest BCUT2D eigenvalue weighted by Crippen LogP contribution is 2.23. The number of nitrogens with zero attached hydrogens (tertiary/aromatic N) is 4. The molecule has 0 aliphatic carbocycles. The van der Waals surface area contributed by atoms with Crippen molar-refractivity contribution in [2.24, 2.45) is 0 Å². The third-order valence-corrected chi connectivity index (χ3v) is 3.83. The van der Waals surface area contributed by atoms with E-state index < -0.39 is 0 Å².